The van der Waals surface area contributed by atoms with Crippen molar-refractivity contribution in [3.05, 3.63) is 60.7 Å². The highest BCUT2D eigenvalue weighted by Gasteiger charge is 2.10. The van der Waals surface area contributed by atoms with Gasteiger partial charge in [0.05, 0.1) is 38.3 Å². The molecule has 0 aromatic carbocycles. The number of hydrogen-bond donors (Lipinski definition) is 1. The quantitative estimate of drug-likeness (QED) is 0.248. The van der Waals surface area contributed by atoms with Crippen LogP contribution in [0.3, 0.4) is 0 Å². The first-order valence-corrected chi connectivity index (χ1v) is 13.3. The molecule has 9 heteroatoms. The zero-order chi connectivity index (χ0) is 27.3. The Kier molecular flexibility index (Phi) is 11.3. The average Bonchev–Trinajstić information content (AvgIpc) is 3.51. The SMILES string of the molecule is CCCCCn1cnc(-c2ccc(OC)nc2)c1C.COc1ccc(-c2ncn(CCCCN)c2C)cn1. The van der Waals surface area contributed by atoms with Gasteiger partial charge in [0.25, 0.3) is 0 Å². The highest BCUT2D eigenvalue weighted by Crippen LogP contribution is 2.23. The molecule has 4 rings (SSSR count). The maximum atomic E-state index is 5.51. The van der Waals surface area contributed by atoms with E-state index in [4.69, 9.17) is 15.2 Å². The lowest BCUT2D eigenvalue weighted by atomic mass is 10.2. The van der Waals surface area contributed by atoms with E-state index in [1.165, 1.54) is 25.0 Å². The number of unbranched alkanes of at least 4 members (excludes halogenated alkanes) is 3. The molecule has 38 heavy (non-hydrogen) atoms. The topological polar surface area (TPSA) is 106 Å². The summed E-state index contributed by atoms with van der Waals surface area (Å²) in [6.07, 6.45) is 13.2. The molecule has 0 saturated carbocycles. The van der Waals surface area contributed by atoms with Crippen LogP contribution in [0.4, 0.5) is 0 Å². The normalized spacial score (nSPS) is 10.7. The van der Waals surface area contributed by atoms with Crippen LogP contribution < -0.4 is 15.2 Å². The lowest BCUT2D eigenvalue weighted by molar-refractivity contribution is 0.398. The van der Waals surface area contributed by atoms with Crippen LogP contribution in [0.2, 0.25) is 0 Å². The Morgan fingerprint density at radius 1 is 0.684 bits per heavy atom. The van der Waals surface area contributed by atoms with E-state index in [9.17, 15) is 0 Å². The highest BCUT2D eigenvalue weighted by atomic mass is 16.5. The fraction of sp³-hybridized carbons (Fsp3) is 0.448. The van der Waals surface area contributed by atoms with Gasteiger partial charge in [-0.25, -0.2) is 19.9 Å². The molecule has 0 amide bonds. The number of nitrogens with zero attached hydrogens (tertiary/aromatic N) is 6. The van der Waals surface area contributed by atoms with Crippen LogP contribution in [0.15, 0.2) is 49.3 Å². The molecule has 0 aliphatic carbocycles. The number of pyridine rings is 2. The van der Waals surface area contributed by atoms with E-state index in [-0.39, 0.29) is 0 Å². The summed E-state index contributed by atoms with van der Waals surface area (Å²) in [5.41, 5.74) is 11.9. The minimum Gasteiger partial charge on any atom is -0.481 e. The third-order valence-electron chi connectivity index (χ3n) is 6.49. The molecule has 0 spiro atoms. The number of aryl methyl sites for hydroxylation is 2. The van der Waals surface area contributed by atoms with E-state index >= 15 is 0 Å². The molecule has 0 bridgehead atoms. The summed E-state index contributed by atoms with van der Waals surface area (Å²) in [5, 5.41) is 0. The number of ether oxygens (including phenoxy) is 2. The average molecular weight is 520 g/mol. The van der Waals surface area contributed by atoms with Crippen LogP contribution in [0, 0.1) is 13.8 Å². The summed E-state index contributed by atoms with van der Waals surface area (Å²) in [6.45, 7) is 9.14. The number of imidazole rings is 2. The van der Waals surface area contributed by atoms with Gasteiger partial charge in [0.1, 0.15) is 0 Å². The molecule has 0 unspecified atom stereocenters. The molecule has 2 N–H and O–H groups in total. The van der Waals surface area contributed by atoms with Gasteiger partial charge >= 0.3 is 0 Å². The monoisotopic (exact) mass is 519 g/mol. The van der Waals surface area contributed by atoms with Gasteiger partial charge in [0.2, 0.25) is 11.8 Å². The van der Waals surface area contributed by atoms with Gasteiger partial charge < -0.3 is 24.3 Å². The molecule has 0 fully saturated rings. The van der Waals surface area contributed by atoms with E-state index in [0.717, 1.165) is 60.7 Å². The van der Waals surface area contributed by atoms with E-state index in [2.05, 4.69) is 49.8 Å². The van der Waals surface area contributed by atoms with Crippen molar-refractivity contribution >= 4 is 0 Å². The van der Waals surface area contributed by atoms with Crippen LogP contribution in [0.5, 0.6) is 11.8 Å². The summed E-state index contributed by atoms with van der Waals surface area (Å²) in [5.74, 6) is 1.24. The molecule has 4 aromatic heterocycles. The van der Waals surface area contributed by atoms with Gasteiger partial charge in [-0.1, -0.05) is 19.8 Å². The van der Waals surface area contributed by atoms with Crippen molar-refractivity contribution in [1.82, 2.24) is 29.1 Å². The fourth-order valence-corrected chi connectivity index (χ4v) is 4.15. The summed E-state index contributed by atoms with van der Waals surface area (Å²) >= 11 is 0. The molecule has 0 aliphatic rings. The number of hydrogen-bond acceptors (Lipinski definition) is 7. The van der Waals surface area contributed by atoms with Crippen LogP contribution in [0.25, 0.3) is 22.5 Å². The van der Waals surface area contributed by atoms with Crippen LogP contribution in [-0.2, 0) is 13.1 Å². The fourth-order valence-electron chi connectivity index (χ4n) is 4.15. The van der Waals surface area contributed by atoms with Crippen molar-refractivity contribution in [1.29, 1.82) is 0 Å². The Morgan fingerprint density at radius 2 is 1.16 bits per heavy atom. The Labute approximate surface area is 226 Å². The van der Waals surface area contributed by atoms with Crippen molar-refractivity contribution < 1.29 is 9.47 Å². The summed E-state index contributed by atoms with van der Waals surface area (Å²) in [4.78, 5) is 17.4. The van der Waals surface area contributed by atoms with E-state index in [1.54, 1.807) is 20.4 Å². The predicted molar refractivity (Wildman–Crippen MR) is 151 cm³/mol. The standard InChI is InChI=1S/C15H21N3O.C14H20N4O/c1-4-5-6-9-18-11-17-15(12(18)2)13-7-8-14(19-3)16-10-13;1-11-14(12-5-6-13(19-2)16-9-12)17-10-18(11)8-4-3-7-15/h7-8,10-11H,4-6,9H2,1-3H3;5-6,9-10H,3-4,7-8,15H2,1-2H3. The second kappa shape index (κ2) is 14.9. The number of aromatic nitrogens is 6. The highest BCUT2D eigenvalue weighted by molar-refractivity contribution is 5.61. The molecule has 204 valence electrons. The predicted octanol–water partition coefficient (Wildman–Crippen LogP) is 5.45. The Hall–Kier alpha value is -3.72. The van der Waals surface area contributed by atoms with Gasteiger partial charge in [0, 0.05) is 60.1 Å². The summed E-state index contributed by atoms with van der Waals surface area (Å²) < 4.78 is 14.5. The largest absolute Gasteiger partial charge is 0.481 e. The molecule has 4 heterocycles. The Balaban J connectivity index is 0.000000211. The Morgan fingerprint density at radius 3 is 1.53 bits per heavy atom. The van der Waals surface area contributed by atoms with Crippen molar-refractivity contribution in [2.45, 2.75) is 66.0 Å². The lowest BCUT2D eigenvalue weighted by Gasteiger charge is -2.05. The first-order valence-electron chi connectivity index (χ1n) is 13.3. The number of nitrogens with two attached hydrogens (primary N) is 1. The zero-order valence-corrected chi connectivity index (χ0v) is 23.4. The molecule has 0 saturated heterocycles. The molecule has 0 atom stereocenters. The van der Waals surface area contributed by atoms with Crippen molar-refractivity contribution in [2.24, 2.45) is 5.73 Å². The second-order valence-electron chi connectivity index (χ2n) is 9.13. The van der Waals surface area contributed by atoms with Crippen molar-refractivity contribution in [2.75, 3.05) is 20.8 Å². The maximum absolute atomic E-state index is 5.51. The molecule has 9 nitrogen and oxygen atoms in total. The molecule has 4 aromatic rings. The first-order chi connectivity index (χ1) is 18.5. The molecular weight excluding hydrogens is 478 g/mol. The van der Waals surface area contributed by atoms with Gasteiger partial charge in [-0.05, 0) is 51.8 Å². The second-order valence-corrected chi connectivity index (χ2v) is 9.13. The first kappa shape index (κ1) is 28.8. The van der Waals surface area contributed by atoms with Crippen LogP contribution in [-0.4, -0.2) is 49.8 Å². The molecular formula is C29H41N7O2. The molecule has 0 aliphatic heterocycles. The number of methoxy groups -OCH3 is 2. The molecule has 0 radical (unpaired) electrons. The van der Waals surface area contributed by atoms with E-state index in [1.807, 2.05) is 43.1 Å². The summed E-state index contributed by atoms with van der Waals surface area (Å²) in [7, 11) is 3.23. The minimum atomic E-state index is 0.615. The lowest BCUT2D eigenvalue weighted by Crippen LogP contribution is -2.03. The number of rotatable bonds is 12. The van der Waals surface area contributed by atoms with Crippen LogP contribution in [0.1, 0.15) is 50.4 Å². The third kappa shape index (κ3) is 7.64. The van der Waals surface area contributed by atoms with E-state index < -0.39 is 0 Å². The van der Waals surface area contributed by atoms with E-state index in [0.29, 0.717) is 11.8 Å². The zero-order valence-electron chi connectivity index (χ0n) is 23.4. The minimum absolute atomic E-state index is 0.615. The third-order valence-corrected chi connectivity index (χ3v) is 6.49. The van der Waals surface area contributed by atoms with Crippen LogP contribution >= 0.6 is 0 Å². The van der Waals surface area contributed by atoms with Gasteiger partial charge in [-0.15, -0.1) is 0 Å². The van der Waals surface area contributed by atoms with Crippen molar-refractivity contribution in [3.63, 3.8) is 0 Å². The summed E-state index contributed by atoms with van der Waals surface area (Å²) in [6, 6.07) is 7.69. The Bertz CT molecular complexity index is 1130. The van der Waals surface area contributed by atoms with Crippen molar-refractivity contribution in [3.8, 4) is 34.3 Å². The van der Waals surface area contributed by atoms with Gasteiger partial charge in [-0.2, -0.15) is 0 Å². The van der Waals surface area contributed by atoms with Gasteiger partial charge in [0.15, 0.2) is 0 Å². The van der Waals surface area contributed by atoms with Gasteiger partial charge in [-0.3, -0.25) is 0 Å². The maximum Gasteiger partial charge on any atom is 0.212 e. The smallest absolute Gasteiger partial charge is 0.212 e.